The number of nitrogens with zero attached hydrogens (tertiary/aromatic N) is 2. The van der Waals surface area contributed by atoms with E-state index in [1.54, 1.807) is 0 Å². The minimum atomic E-state index is 0.297. The first-order valence-corrected chi connectivity index (χ1v) is 9.52. The van der Waals surface area contributed by atoms with E-state index in [2.05, 4.69) is 41.5 Å². The Kier molecular flexibility index (Phi) is 4.95. The lowest BCUT2D eigenvalue weighted by Gasteiger charge is -2.23. The minimum absolute atomic E-state index is 0.297. The van der Waals surface area contributed by atoms with E-state index in [0.29, 0.717) is 22.9 Å². The molecule has 2 rings (SSSR count). The highest BCUT2D eigenvalue weighted by Crippen LogP contribution is 2.35. The third kappa shape index (κ3) is 4.27. The fraction of sp³-hybridized carbons (Fsp3) is 0.875. The zero-order valence-corrected chi connectivity index (χ0v) is 15.3. The van der Waals surface area contributed by atoms with Crippen LogP contribution in [0.4, 0.5) is 0 Å². The summed E-state index contributed by atoms with van der Waals surface area (Å²) in [4.78, 5) is 9.81. The number of hydrogen-bond acceptors (Lipinski definition) is 4. The molecular formula is C16H28N2S2. The van der Waals surface area contributed by atoms with Crippen LogP contribution in [0.25, 0.3) is 0 Å². The van der Waals surface area contributed by atoms with Crippen LogP contribution >= 0.6 is 23.5 Å². The van der Waals surface area contributed by atoms with Crippen LogP contribution in [-0.4, -0.2) is 33.7 Å². The SMILES string of the molecule is CC(C)(C)[C@@H]1CSC(CCC2=N[C@H](C(C)(C)C)CS2)=N1. The maximum Gasteiger partial charge on any atom is 0.0684 e. The molecule has 0 spiro atoms. The Morgan fingerprint density at radius 1 is 0.800 bits per heavy atom. The van der Waals surface area contributed by atoms with Crippen molar-refractivity contribution in [2.45, 2.75) is 66.5 Å². The van der Waals surface area contributed by atoms with Crippen molar-refractivity contribution < 1.29 is 0 Å². The van der Waals surface area contributed by atoms with E-state index < -0.39 is 0 Å². The molecule has 2 atom stereocenters. The van der Waals surface area contributed by atoms with Gasteiger partial charge in [-0.05, 0) is 10.8 Å². The van der Waals surface area contributed by atoms with Crippen molar-refractivity contribution >= 4 is 33.6 Å². The van der Waals surface area contributed by atoms with E-state index in [1.807, 2.05) is 23.5 Å². The Labute approximate surface area is 132 Å². The van der Waals surface area contributed by atoms with E-state index in [0.717, 1.165) is 24.3 Å². The first kappa shape index (κ1) is 16.4. The molecular weight excluding hydrogens is 284 g/mol. The van der Waals surface area contributed by atoms with Gasteiger partial charge >= 0.3 is 0 Å². The number of thioether (sulfide) groups is 2. The second-order valence-electron chi connectivity index (χ2n) is 7.93. The Balaban J connectivity index is 1.86. The maximum absolute atomic E-state index is 4.90. The van der Waals surface area contributed by atoms with Crippen LogP contribution in [0, 0.1) is 10.8 Å². The molecule has 20 heavy (non-hydrogen) atoms. The van der Waals surface area contributed by atoms with E-state index >= 15 is 0 Å². The highest BCUT2D eigenvalue weighted by Gasteiger charge is 2.31. The molecule has 0 N–H and O–H groups in total. The molecule has 0 saturated carbocycles. The molecule has 0 amide bonds. The monoisotopic (exact) mass is 312 g/mol. The van der Waals surface area contributed by atoms with Gasteiger partial charge in [-0.15, -0.1) is 23.5 Å². The molecule has 2 aliphatic heterocycles. The summed E-state index contributed by atoms with van der Waals surface area (Å²) in [5.74, 6) is 2.31. The van der Waals surface area contributed by atoms with Gasteiger partial charge in [0.1, 0.15) is 0 Å². The summed E-state index contributed by atoms with van der Waals surface area (Å²) in [6, 6.07) is 0.978. The molecule has 114 valence electrons. The number of aliphatic imine (C=N–C) groups is 2. The molecule has 0 unspecified atom stereocenters. The summed E-state index contributed by atoms with van der Waals surface area (Å²) < 4.78 is 0. The molecule has 2 aliphatic rings. The van der Waals surface area contributed by atoms with Crippen LogP contribution in [0.2, 0.25) is 0 Å². The summed E-state index contributed by atoms with van der Waals surface area (Å²) in [6.07, 6.45) is 2.17. The van der Waals surface area contributed by atoms with Gasteiger partial charge in [0.2, 0.25) is 0 Å². The van der Waals surface area contributed by atoms with Gasteiger partial charge in [-0.3, -0.25) is 9.98 Å². The summed E-state index contributed by atoms with van der Waals surface area (Å²) in [5.41, 5.74) is 0.595. The van der Waals surface area contributed by atoms with Gasteiger partial charge in [-0.25, -0.2) is 0 Å². The highest BCUT2D eigenvalue weighted by molar-refractivity contribution is 8.14. The first-order chi connectivity index (χ1) is 9.16. The van der Waals surface area contributed by atoms with E-state index in [9.17, 15) is 0 Å². The molecule has 4 heteroatoms. The molecule has 0 saturated heterocycles. The third-order valence-electron chi connectivity index (χ3n) is 3.97. The van der Waals surface area contributed by atoms with Crippen molar-refractivity contribution in [1.82, 2.24) is 0 Å². The molecule has 0 aromatic heterocycles. The van der Waals surface area contributed by atoms with Gasteiger partial charge in [0.25, 0.3) is 0 Å². The lowest BCUT2D eigenvalue weighted by Crippen LogP contribution is -2.24. The van der Waals surface area contributed by atoms with Crippen LogP contribution in [0.5, 0.6) is 0 Å². The smallest absolute Gasteiger partial charge is 0.0684 e. The minimum Gasteiger partial charge on any atom is -0.278 e. The van der Waals surface area contributed by atoms with Crippen molar-refractivity contribution in [3.63, 3.8) is 0 Å². The van der Waals surface area contributed by atoms with Crippen molar-refractivity contribution in [1.29, 1.82) is 0 Å². The van der Waals surface area contributed by atoms with Gasteiger partial charge in [-0.1, -0.05) is 41.5 Å². The van der Waals surface area contributed by atoms with Crippen molar-refractivity contribution in [2.24, 2.45) is 20.8 Å². The molecule has 0 aliphatic carbocycles. The average molecular weight is 313 g/mol. The van der Waals surface area contributed by atoms with Crippen molar-refractivity contribution in [3.05, 3.63) is 0 Å². The van der Waals surface area contributed by atoms with Crippen LogP contribution in [-0.2, 0) is 0 Å². The fourth-order valence-corrected chi connectivity index (χ4v) is 4.97. The molecule has 0 aromatic carbocycles. The first-order valence-electron chi connectivity index (χ1n) is 7.55. The second kappa shape index (κ2) is 6.04. The largest absolute Gasteiger partial charge is 0.278 e. The Morgan fingerprint density at radius 2 is 1.15 bits per heavy atom. The normalized spacial score (nSPS) is 27.7. The summed E-state index contributed by atoms with van der Waals surface area (Å²) >= 11 is 3.91. The Morgan fingerprint density at radius 3 is 1.40 bits per heavy atom. The average Bonchev–Trinajstić information content (AvgIpc) is 2.94. The van der Waals surface area contributed by atoms with Gasteiger partial charge in [-0.2, -0.15) is 0 Å². The zero-order chi connectivity index (χ0) is 15.0. The number of rotatable bonds is 3. The molecule has 0 fully saturated rings. The van der Waals surface area contributed by atoms with Crippen molar-refractivity contribution in [2.75, 3.05) is 11.5 Å². The van der Waals surface area contributed by atoms with E-state index in [4.69, 9.17) is 9.98 Å². The lowest BCUT2D eigenvalue weighted by molar-refractivity contribution is 0.348. The summed E-state index contributed by atoms with van der Waals surface area (Å²) in [7, 11) is 0. The van der Waals surface area contributed by atoms with Crippen LogP contribution in [0.15, 0.2) is 9.98 Å². The third-order valence-corrected chi connectivity index (χ3v) is 6.22. The molecule has 0 bridgehead atoms. The molecule has 2 nitrogen and oxygen atoms in total. The van der Waals surface area contributed by atoms with Gasteiger partial charge in [0, 0.05) is 24.3 Å². The summed E-state index contributed by atoms with van der Waals surface area (Å²) in [5, 5.41) is 2.68. The number of hydrogen-bond donors (Lipinski definition) is 0. The molecule has 0 radical (unpaired) electrons. The van der Waals surface area contributed by atoms with Crippen LogP contribution in [0.3, 0.4) is 0 Å². The quantitative estimate of drug-likeness (QED) is 0.741. The maximum atomic E-state index is 4.90. The predicted molar refractivity (Wildman–Crippen MR) is 95.5 cm³/mol. The summed E-state index contributed by atoms with van der Waals surface area (Å²) in [6.45, 7) is 13.7. The standard InChI is InChI=1S/C16H28N2S2/c1-15(2,3)11-9-19-13(17-11)7-8-14-18-12(10-20-14)16(4,5)6/h11-12H,7-10H2,1-6H3/t11-,12-/m0/s1. The van der Waals surface area contributed by atoms with Crippen LogP contribution < -0.4 is 0 Å². The fourth-order valence-electron chi connectivity index (χ4n) is 2.22. The van der Waals surface area contributed by atoms with Gasteiger partial charge < -0.3 is 0 Å². The van der Waals surface area contributed by atoms with E-state index in [-0.39, 0.29) is 0 Å². The van der Waals surface area contributed by atoms with Crippen molar-refractivity contribution in [3.8, 4) is 0 Å². The zero-order valence-electron chi connectivity index (χ0n) is 13.7. The second-order valence-corrected chi connectivity index (χ2v) is 10.1. The highest BCUT2D eigenvalue weighted by atomic mass is 32.2. The topological polar surface area (TPSA) is 24.7 Å². The Hall–Kier alpha value is 0.0400. The predicted octanol–water partition coefficient (Wildman–Crippen LogP) is 4.89. The molecule has 2 heterocycles. The van der Waals surface area contributed by atoms with Gasteiger partial charge in [0.15, 0.2) is 0 Å². The van der Waals surface area contributed by atoms with Gasteiger partial charge in [0.05, 0.1) is 22.2 Å². The van der Waals surface area contributed by atoms with E-state index in [1.165, 1.54) is 10.1 Å². The van der Waals surface area contributed by atoms with Crippen LogP contribution in [0.1, 0.15) is 54.4 Å². The Bertz CT molecular complexity index is 373. The lowest BCUT2D eigenvalue weighted by atomic mass is 9.88. The molecule has 0 aromatic rings.